The second-order valence-electron chi connectivity index (χ2n) is 6.68. The molecule has 0 spiro atoms. The van der Waals surface area contributed by atoms with Crippen molar-refractivity contribution < 1.29 is 14.3 Å². The quantitative estimate of drug-likeness (QED) is 0.594. The van der Waals surface area contributed by atoms with Crippen LogP contribution in [0.3, 0.4) is 0 Å². The Morgan fingerprint density at radius 3 is 2.32 bits per heavy atom. The highest BCUT2D eigenvalue weighted by Gasteiger charge is 2.22. The Labute approximate surface area is 171 Å². The van der Waals surface area contributed by atoms with Gasteiger partial charge in [0.15, 0.2) is 0 Å². The van der Waals surface area contributed by atoms with E-state index in [2.05, 4.69) is 24.5 Å². The predicted molar refractivity (Wildman–Crippen MR) is 116 cm³/mol. The minimum Gasteiger partial charge on any atom is -0.464 e. The summed E-state index contributed by atoms with van der Waals surface area (Å²) in [4.78, 5) is 24.6. The number of urea groups is 1. The van der Waals surface area contributed by atoms with Crippen molar-refractivity contribution in [3.05, 3.63) is 65.7 Å². The number of hydrogen-bond acceptors (Lipinski definition) is 4. The third-order valence-electron chi connectivity index (χ3n) is 4.11. The van der Waals surface area contributed by atoms with Crippen LogP contribution in [-0.2, 0) is 15.3 Å². The van der Waals surface area contributed by atoms with Crippen LogP contribution in [-0.4, -0.2) is 30.4 Å². The Morgan fingerprint density at radius 2 is 1.71 bits per heavy atom. The van der Waals surface area contributed by atoms with Gasteiger partial charge in [0.1, 0.15) is 6.04 Å². The molecule has 1 atom stereocenters. The van der Waals surface area contributed by atoms with Crippen molar-refractivity contribution in [1.82, 2.24) is 5.32 Å². The van der Waals surface area contributed by atoms with Gasteiger partial charge in [-0.25, -0.2) is 9.59 Å². The zero-order valence-electron chi connectivity index (χ0n) is 16.6. The smallest absolute Gasteiger partial charge is 0.329 e. The maximum absolute atomic E-state index is 12.3. The first-order valence-electron chi connectivity index (χ1n) is 9.45. The Hall–Kier alpha value is -2.47. The zero-order chi connectivity index (χ0) is 20.4. The van der Waals surface area contributed by atoms with E-state index in [9.17, 15) is 9.59 Å². The molecule has 2 aromatic rings. The van der Waals surface area contributed by atoms with Crippen LogP contribution in [0.5, 0.6) is 0 Å². The molecule has 0 heterocycles. The maximum atomic E-state index is 12.3. The summed E-state index contributed by atoms with van der Waals surface area (Å²) in [5.74, 6) is 1.20. The molecule has 0 fully saturated rings. The lowest BCUT2D eigenvalue weighted by atomic mass is 10.0. The van der Waals surface area contributed by atoms with Gasteiger partial charge in [-0.3, -0.25) is 0 Å². The molecule has 2 aromatic carbocycles. The van der Waals surface area contributed by atoms with Crippen LogP contribution in [0.1, 0.15) is 37.8 Å². The summed E-state index contributed by atoms with van der Waals surface area (Å²) in [6.07, 6.45) is 0. The molecule has 0 saturated heterocycles. The van der Waals surface area contributed by atoms with Gasteiger partial charge in [-0.1, -0.05) is 56.3 Å². The highest BCUT2D eigenvalue weighted by Crippen LogP contribution is 2.17. The molecular formula is C22H28N2O3S. The van der Waals surface area contributed by atoms with Crippen molar-refractivity contribution in [1.29, 1.82) is 0 Å². The first kappa shape index (κ1) is 21.8. The van der Waals surface area contributed by atoms with Crippen LogP contribution < -0.4 is 10.6 Å². The van der Waals surface area contributed by atoms with Crippen molar-refractivity contribution in [2.45, 2.75) is 38.5 Å². The minimum atomic E-state index is -0.705. The van der Waals surface area contributed by atoms with E-state index in [0.29, 0.717) is 17.4 Å². The number of ether oxygens (including phenoxy) is 1. The number of benzene rings is 2. The van der Waals surface area contributed by atoms with Gasteiger partial charge in [0.05, 0.1) is 6.61 Å². The van der Waals surface area contributed by atoms with E-state index in [1.54, 1.807) is 18.7 Å². The lowest BCUT2D eigenvalue weighted by Crippen LogP contribution is -2.45. The van der Waals surface area contributed by atoms with Crippen LogP contribution in [0, 0.1) is 0 Å². The van der Waals surface area contributed by atoms with E-state index < -0.39 is 18.0 Å². The van der Waals surface area contributed by atoms with E-state index in [1.165, 1.54) is 11.1 Å². The molecule has 0 aliphatic rings. The van der Waals surface area contributed by atoms with Gasteiger partial charge in [0, 0.05) is 17.2 Å². The number of rotatable bonds is 9. The molecule has 0 aliphatic heterocycles. The van der Waals surface area contributed by atoms with E-state index in [-0.39, 0.29) is 6.61 Å². The highest BCUT2D eigenvalue weighted by molar-refractivity contribution is 7.98. The van der Waals surface area contributed by atoms with Crippen molar-refractivity contribution in [2.75, 3.05) is 17.7 Å². The third-order valence-corrected chi connectivity index (χ3v) is 5.21. The Kier molecular flexibility index (Phi) is 8.88. The molecular weight excluding hydrogens is 372 g/mol. The van der Waals surface area contributed by atoms with E-state index in [4.69, 9.17) is 4.74 Å². The normalized spacial score (nSPS) is 11.7. The van der Waals surface area contributed by atoms with E-state index in [1.807, 2.05) is 54.6 Å². The second-order valence-corrected chi connectivity index (χ2v) is 7.71. The number of thioether (sulfide) groups is 1. The lowest BCUT2D eigenvalue weighted by molar-refractivity contribution is -0.144. The summed E-state index contributed by atoms with van der Waals surface area (Å²) in [7, 11) is 0. The maximum Gasteiger partial charge on any atom is 0.329 e. The molecule has 0 radical (unpaired) electrons. The van der Waals surface area contributed by atoms with Crippen LogP contribution in [0.4, 0.5) is 10.5 Å². The van der Waals surface area contributed by atoms with E-state index in [0.717, 1.165) is 5.75 Å². The molecule has 150 valence electrons. The van der Waals surface area contributed by atoms with Crippen molar-refractivity contribution >= 4 is 29.4 Å². The average molecular weight is 401 g/mol. The van der Waals surface area contributed by atoms with Gasteiger partial charge >= 0.3 is 12.0 Å². The Bertz CT molecular complexity index is 748. The predicted octanol–water partition coefficient (Wildman–Crippen LogP) is 4.80. The van der Waals surface area contributed by atoms with E-state index >= 15 is 0 Å². The van der Waals surface area contributed by atoms with Crippen LogP contribution in [0.15, 0.2) is 54.6 Å². The number of carbonyl (C=O) groups excluding carboxylic acids is 2. The van der Waals surface area contributed by atoms with Crippen molar-refractivity contribution in [2.24, 2.45) is 0 Å². The van der Waals surface area contributed by atoms with Crippen molar-refractivity contribution in [3.63, 3.8) is 0 Å². The van der Waals surface area contributed by atoms with Gasteiger partial charge in [-0.05, 0) is 36.1 Å². The first-order valence-corrected chi connectivity index (χ1v) is 10.6. The molecule has 2 N–H and O–H groups in total. The van der Waals surface area contributed by atoms with Gasteiger partial charge in [-0.15, -0.1) is 0 Å². The Balaban J connectivity index is 1.90. The molecule has 6 heteroatoms. The fraction of sp³-hybridized carbons (Fsp3) is 0.364. The molecule has 1 unspecified atom stereocenters. The zero-order valence-corrected chi connectivity index (χ0v) is 17.4. The fourth-order valence-electron chi connectivity index (χ4n) is 2.56. The average Bonchev–Trinajstić information content (AvgIpc) is 2.68. The minimum absolute atomic E-state index is 0.276. The molecule has 0 bridgehead atoms. The summed E-state index contributed by atoms with van der Waals surface area (Å²) >= 11 is 1.58. The second kappa shape index (κ2) is 11.4. The molecule has 28 heavy (non-hydrogen) atoms. The topological polar surface area (TPSA) is 67.4 Å². The number of nitrogens with one attached hydrogen (secondary N) is 2. The molecule has 0 saturated carbocycles. The summed E-state index contributed by atoms with van der Waals surface area (Å²) in [6, 6.07) is 16.6. The standard InChI is InChI=1S/C22H28N2O3S/c1-4-27-21(25)20(15-28-14-17-8-6-5-7-9-17)24-22(26)23-19-12-10-18(11-13-19)16(2)3/h5-13,16,20H,4,14-15H2,1-3H3,(H2,23,24,26). The summed E-state index contributed by atoms with van der Waals surface area (Å²) < 4.78 is 5.11. The Morgan fingerprint density at radius 1 is 1.04 bits per heavy atom. The number of amides is 2. The number of hydrogen-bond donors (Lipinski definition) is 2. The van der Waals surface area contributed by atoms with Crippen LogP contribution >= 0.6 is 11.8 Å². The van der Waals surface area contributed by atoms with Crippen molar-refractivity contribution in [3.8, 4) is 0 Å². The van der Waals surface area contributed by atoms with Gasteiger partial charge in [0.2, 0.25) is 0 Å². The monoisotopic (exact) mass is 400 g/mol. The first-order chi connectivity index (χ1) is 13.5. The summed E-state index contributed by atoms with van der Waals surface area (Å²) in [6.45, 7) is 6.26. The number of carbonyl (C=O) groups is 2. The number of esters is 1. The lowest BCUT2D eigenvalue weighted by Gasteiger charge is -2.18. The SMILES string of the molecule is CCOC(=O)C(CSCc1ccccc1)NC(=O)Nc1ccc(C(C)C)cc1. The van der Waals surface area contributed by atoms with Gasteiger partial charge < -0.3 is 15.4 Å². The highest BCUT2D eigenvalue weighted by atomic mass is 32.2. The van der Waals surface area contributed by atoms with Gasteiger partial charge in [0.25, 0.3) is 0 Å². The fourth-order valence-corrected chi connectivity index (χ4v) is 3.56. The van der Waals surface area contributed by atoms with Crippen LogP contribution in [0.2, 0.25) is 0 Å². The number of anilines is 1. The molecule has 2 amide bonds. The summed E-state index contributed by atoms with van der Waals surface area (Å²) in [5.41, 5.74) is 3.05. The largest absolute Gasteiger partial charge is 0.464 e. The van der Waals surface area contributed by atoms with Gasteiger partial charge in [-0.2, -0.15) is 11.8 Å². The third kappa shape index (κ3) is 7.27. The molecule has 0 aliphatic carbocycles. The van der Waals surface area contributed by atoms with Crippen LogP contribution in [0.25, 0.3) is 0 Å². The summed E-state index contributed by atoms with van der Waals surface area (Å²) in [5, 5.41) is 5.50. The molecule has 5 nitrogen and oxygen atoms in total. The molecule has 0 aromatic heterocycles. The molecule has 2 rings (SSSR count).